The summed E-state index contributed by atoms with van der Waals surface area (Å²) < 4.78 is 0. The van der Waals surface area contributed by atoms with Crippen molar-refractivity contribution < 1.29 is 9.72 Å². The molecule has 1 aliphatic rings. The van der Waals surface area contributed by atoms with Gasteiger partial charge < -0.3 is 10.6 Å². The third kappa shape index (κ3) is 1.74. The van der Waals surface area contributed by atoms with Crippen LogP contribution in [0.5, 0.6) is 0 Å². The molecule has 6 nitrogen and oxygen atoms in total. The van der Waals surface area contributed by atoms with Crippen LogP contribution in [0.3, 0.4) is 0 Å². The first kappa shape index (κ1) is 10.6. The predicted octanol–water partition coefficient (Wildman–Crippen LogP) is 0.659. The highest BCUT2D eigenvalue weighted by Gasteiger charge is 2.31. The lowest BCUT2D eigenvalue weighted by molar-refractivity contribution is -0.384. The number of benzene rings is 1. The van der Waals surface area contributed by atoms with E-state index in [1.54, 1.807) is 18.2 Å². The molecule has 2 rings (SSSR count). The molecule has 0 aromatic heterocycles. The summed E-state index contributed by atoms with van der Waals surface area (Å²) in [4.78, 5) is 23.3. The van der Waals surface area contributed by atoms with Crippen molar-refractivity contribution in [1.82, 2.24) is 0 Å². The molecule has 0 bridgehead atoms. The summed E-state index contributed by atoms with van der Waals surface area (Å²) in [5.41, 5.74) is 5.91. The van der Waals surface area contributed by atoms with Crippen molar-refractivity contribution in [2.24, 2.45) is 5.73 Å². The average Bonchev–Trinajstić information content (AvgIpc) is 2.57. The number of hydrogen-bond acceptors (Lipinski definition) is 4. The van der Waals surface area contributed by atoms with Gasteiger partial charge in [0.15, 0.2) is 0 Å². The Kier molecular flexibility index (Phi) is 2.57. The van der Waals surface area contributed by atoms with Crippen molar-refractivity contribution in [2.75, 3.05) is 11.4 Å². The summed E-state index contributed by atoms with van der Waals surface area (Å²) in [6, 6.07) is 5.94. The van der Waals surface area contributed by atoms with Gasteiger partial charge in [-0.1, -0.05) is 12.1 Å². The number of nitro groups is 1. The molecule has 84 valence electrons. The largest absolute Gasteiger partial charge is 0.326 e. The minimum absolute atomic E-state index is 0.0649. The number of nitrogens with zero attached hydrogens (tertiary/aromatic N) is 2. The van der Waals surface area contributed by atoms with E-state index in [1.807, 2.05) is 0 Å². The maximum atomic E-state index is 11.6. The van der Waals surface area contributed by atoms with Crippen molar-refractivity contribution in [3.05, 3.63) is 34.4 Å². The fourth-order valence-electron chi connectivity index (χ4n) is 1.81. The zero-order valence-electron chi connectivity index (χ0n) is 8.50. The Hall–Kier alpha value is -1.95. The van der Waals surface area contributed by atoms with E-state index < -0.39 is 4.92 Å². The summed E-state index contributed by atoms with van der Waals surface area (Å²) in [5.74, 6) is -0.165. The number of rotatable bonds is 2. The second-order valence-corrected chi connectivity index (χ2v) is 3.71. The third-order valence-corrected chi connectivity index (χ3v) is 2.52. The first-order valence-corrected chi connectivity index (χ1v) is 4.89. The fourth-order valence-corrected chi connectivity index (χ4v) is 1.81. The summed E-state index contributed by atoms with van der Waals surface area (Å²) >= 11 is 0. The second-order valence-electron chi connectivity index (χ2n) is 3.71. The summed E-state index contributed by atoms with van der Waals surface area (Å²) in [7, 11) is 0. The van der Waals surface area contributed by atoms with E-state index in [0.29, 0.717) is 12.2 Å². The van der Waals surface area contributed by atoms with Crippen LogP contribution in [0.2, 0.25) is 0 Å². The molecule has 1 heterocycles. The zero-order chi connectivity index (χ0) is 11.7. The molecule has 1 aliphatic heterocycles. The average molecular weight is 221 g/mol. The second kappa shape index (κ2) is 3.90. The molecule has 0 spiro atoms. The Bertz CT molecular complexity index is 447. The summed E-state index contributed by atoms with van der Waals surface area (Å²) in [6.07, 6.45) is 0.242. The van der Waals surface area contributed by atoms with E-state index in [0.717, 1.165) is 0 Å². The van der Waals surface area contributed by atoms with Crippen LogP contribution in [-0.2, 0) is 4.79 Å². The van der Waals surface area contributed by atoms with Crippen LogP contribution in [0.25, 0.3) is 0 Å². The van der Waals surface area contributed by atoms with Crippen molar-refractivity contribution in [3.63, 3.8) is 0 Å². The van der Waals surface area contributed by atoms with Gasteiger partial charge in [-0.05, 0) is 6.07 Å². The van der Waals surface area contributed by atoms with E-state index in [2.05, 4.69) is 0 Å². The molecule has 1 amide bonds. The maximum Gasteiger partial charge on any atom is 0.292 e. The number of carbonyl (C=O) groups excluding carboxylic acids is 1. The van der Waals surface area contributed by atoms with E-state index in [9.17, 15) is 14.9 Å². The van der Waals surface area contributed by atoms with E-state index in [-0.39, 0.29) is 24.1 Å². The highest BCUT2D eigenvalue weighted by atomic mass is 16.6. The number of para-hydroxylation sites is 2. The molecule has 1 fully saturated rings. The summed E-state index contributed by atoms with van der Waals surface area (Å²) in [5, 5.41) is 10.8. The lowest BCUT2D eigenvalue weighted by Gasteiger charge is -2.15. The van der Waals surface area contributed by atoms with E-state index in [1.165, 1.54) is 11.0 Å². The van der Waals surface area contributed by atoms with Gasteiger partial charge in [-0.15, -0.1) is 0 Å². The molecular weight excluding hydrogens is 210 g/mol. The smallest absolute Gasteiger partial charge is 0.292 e. The number of anilines is 1. The SMILES string of the molecule is NC1CC(=O)N(c2ccccc2[N+](=O)[O-])C1. The third-order valence-electron chi connectivity index (χ3n) is 2.52. The molecule has 1 aromatic carbocycles. The van der Waals surface area contributed by atoms with Gasteiger partial charge in [0.05, 0.1) is 4.92 Å². The van der Waals surface area contributed by atoms with Crippen molar-refractivity contribution in [2.45, 2.75) is 12.5 Å². The number of hydrogen-bond donors (Lipinski definition) is 1. The molecule has 6 heteroatoms. The molecular formula is C10H11N3O3. The van der Waals surface area contributed by atoms with Crippen LogP contribution in [-0.4, -0.2) is 23.4 Å². The number of amides is 1. The Morgan fingerprint density at radius 3 is 2.69 bits per heavy atom. The van der Waals surface area contributed by atoms with Crippen molar-refractivity contribution >= 4 is 17.3 Å². The maximum absolute atomic E-state index is 11.6. The van der Waals surface area contributed by atoms with Crippen LogP contribution in [0.15, 0.2) is 24.3 Å². The number of nitrogens with two attached hydrogens (primary N) is 1. The zero-order valence-corrected chi connectivity index (χ0v) is 8.50. The molecule has 0 radical (unpaired) electrons. The van der Waals surface area contributed by atoms with Gasteiger partial charge in [0.1, 0.15) is 5.69 Å². The summed E-state index contributed by atoms with van der Waals surface area (Å²) in [6.45, 7) is 0.337. The molecule has 1 saturated heterocycles. The lowest BCUT2D eigenvalue weighted by atomic mass is 10.2. The molecule has 0 saturated carbocycles. The van der Waals surface area contributed by atoms with Crippen molar-refractivity contribution in [3.8, 4) is 0 Å². The first-order chi connectivity index (χ1) is 7.59. The first-order valence-electron chi connectivity index (χ1n) is 4.89. The lowest BCUT2D eigenvalue weighted by Crippen LogP contribution is -2.28. The predicted molar refractivity (Wildman–Crippen MR) is 58.0 cm³/mol. The highest BCUT2D eigenvalue weighted by Crippen LogP contribution is 2.30. The van der Waals surface area contributed by atoms with Crippen LogP contribution in [0.4, 0.5) is 11.4 Å². The molecule has 2 N–H and O–H groups in total. The minimum atomic E-state index is -0.494. The number of carbonyl (C=O) groups is 1. The highest BCUT2D eigenvalue weighted by molar-refractivity contribution is 5.98. The van der Waals surface area contributed by atoms with Crippen molar-refractivity contribution in [1.29, 1.82) is 0 Å². The van der Waals surface area contributed by atoms with E-state index in [4.69, 9.17) is 5.73 Å². The molecule has 1 aromatic rings. The standard InChI is InChI=1S/C10H11N3O3/c11-7-5-10(14)12(6-7)8-3-1-2-4-9(8)13(15)16/h1-4,7H,5-6,11H2. The molecule has 16 heavy (non-hydrogen) atoms. The monoisotopic (exact) mass is 221 g/mol. The van der Waals surface area contributed by atoms with Crippen LogP contribution < -0.4 is 10.6 Å². The molecule has 1 unspecified atom stereocenters. The Morgan fingerprint density at radius 1 is 1.44 bits per heavy atom. The van der Waals surface area contributed by atoms with Gasteiger partial charge in [0.25, 0.3) is 5.69 Å². The molecule has 0 aliphatic carbocycles. The quantitative estimate of drug-likeness (QED) is 0.586. The number of nitro benzene ring substituents is 1. The van der Waals surface area contributed by atoms with Gasteiger partial charge in [0.2, 0.25) is 5.91 Å². The van der Waals surface area contributed by atoms with Gasteiger partial charge in [-0.25, -0.2) is 0 Å². The van der Waals surface area contributed by atoms with Crippen LogP contribution in [0, 0.1) is 10.1 Å². The fraction of sp³-hybridized carbons (Fsp3) is 0.300. The Morgan fingerprint density at radius 2 is 2.12 bits per heavy atom. The van der Waals surface area contributed by atoms with E-state index >= 15 is 0 Å². The topological polar surface area (TPSA) is 89.5 Å². The Labute approximate surface area is 91.8 Å². The normalized spacial score (nSPS) is 20.2. The van der Waals surface area contributed by atoms with Gasteiger partial charge >= 0.3 is 0 Å². The van der Waals surface area contributed by atoms with Crippen LogP contribution >= 0.6 is 0 Å². The van der Waals surface area contributed by atoms with Gasteiger partial charge in [-0.3, -0.25) is 14.9 Å². The molecule has 1 atom stereocenters. The van der Waals surface area contributed by atoms with Crippen LogP contribution in [0.1, 0.15) is 6.42 Å². The van der Waals surface area contributed by atoms with Gasteiger partial charge in [0, 0.05) is 25.1 Å². The Balaban J connectivity index is 2.40. The minimum Gasteiger partial charge on any atom is -0.326 e. The van der Waals surface area contributed by atoms with Gasteiger partial charge in [-0.2, -0.15) is 0 Å².